The zero-order valence-electron chi connectivity index (χ0n) is 35.0. The van der Waals surface area contributed by atoms with Crippen LogP contribution in [0.1, 0.15) is 108 Å². The largest absolute Gasteiger partial charge is 0.493 e. The SMILES string of the molecule is CCCCOc1ccc(C=CC(=O)OCCCCCCOc2cc(CO)cc(OCCCCCCOC(=O)C=Cc3ccc(OCCCC)c(OC)c3)c2)cc1OC. The zero-order valence-corrected chi connectivity index (χ0v) is 35.0. The van der Waals surface area contributed by atoms with E-state index < -0.39 is 0 Å². The van der Waals surface area contributed by atoms with Gasteiger partial charge < -0.3 is 43.0 Å². The van der Waals surface area contributed by atoms with Gasteiger partial charge in [0.05, 0.1) is 60.5 Å². The molecule has 0 aromatic heterocycles. The van der Waals surface area contributed by atoms with Gasteiger partial charge in [0, 0.05) is 18.2 Å². The fraction of sp³-hybridized carbons (Fsp3) is 0.489. The highest BCUT2D eigenvalue weighted by molar-refractivity contribution is 5.87. The van der Waals surface area contributed by atoms with Gasteiger partial charge in [-0.15, -0.1) is 0 Å². The fourth-order valence-electron chi connectivity index (χ4n) is 5.62. The van der Waals surface area contributed by atoms with E-state index in [0.717, 1.165) is 93.7 Å². The van der Waals surface area contributed by atoms with E-state index in [9.17, 15) is 14.7 Å². The Morgan fingerprint density at radius 2 is 0.914 bits per heavy atom. The minimum Gasteiger partial charge on any atom is -0.493 e. The van der Waals surface area contributed by atoms with E-state index in [1.165, 1.54) is 12.2 Å². The highest BCUT2D eigenvalue weighted by Crippen LogP contribution is 2.30. The molecule has 0 saturated heterocycles. The Bertz CT molecular complexity index is 1570. The van der Waals surface area contributed by atoms with Crippen LogP contribution < -0.4 is 28.4 Å². The highest BCUT2D eigenvalue weighted by atomic mass is 16.5. The van der Waals surface area contributed by atoms with E-state index >= 15 is 0 Å². The quantitative estimate of drug-likeness (QED) is 0.0379. The minimum atomic E-state index is -0.385. The summed E-state index contributed by atoms with van der Waals surface area (Å²) in [5.41, 5.74) is 2.37. The molecule has 0 bridgehead atoms. The molecule has 0 aliphatic carbocycles. The summed E-state index contributed by atoms with van der Waals surface area (Å²) >= 11 is 0. The van der Waals surface area contributed by atoms with Gasteiger partial charge in [0.2, 0.25) is 0 Å². The lowest BCUT2D eigenvalue weighted by molar-refractivity contribution is -0.138. The summed E-state index contributed by atoms with van der Waals surface area (Å²) < 4.78 is 45.0. The Kier molecular flexibility index (Phi) is 23.7. The number of carbonyl (C=O) groups is 2. The van der Waals surface area contributed by atoms with E-state index in [0.29, 0.717) is 74.1 Å². The molecular weight excluding hydrogens is 741 g/mol. The molecule has 0 atom stereocenters. The summed E-state index contributed by atoms with van der Waals surface area (Å²) in [5.74, 6) is 3.17. The third-order valence-electron chi connectivity index (χ3n) is 8.94. The maximum absolute atomic E-state index is 12.2. The minimum absolute atomic E-state index is 0.113. The summed E-state index contributed by atoms with van der Waals surface area (Å²) in [6.45, 7) is 7.14. The van der Waals surface area contributed by atoms with Crippen LogP contribution in [-0.4, -0.2) is 70.9 Å². The smallest absolute Gasteiger partial charge is 0.330 e. The first-order chi connectivity index (χ1) is 28.4. The van der Waals surface area contributed by atoms with Crippen molar-refractivity contribution in [2.45, 2.75) is 97.5 Å². The molecule has 0 radical (unpaired) electrons. The third-order valence-corrected chi connectivity index (χ3v) is 8.94. The van der Waals surface area contributed by atoms with Crippen molar-refractivity contribution in [2.24, 2.45) is 0 Å². The van der Waals surface area contributed by atoms with E-state index in [1.807, 2.05) is 54.6 Å². The van der Waals surface area contributed by atoms with E-state index in [-0.39, 0.29) is 18.5 Å². The molecule has 0 amide bonds. The van der Waals surface area contributed by atoms with Crippen molar-refractivity contribution in [3.63, 3.8) is 0 Å². The molecule has 0 unspecified atom stereocenters. The van der Waals surface area contributed by atoms with Gasteiger partial charge in [0.25, 0.3) is 0 Å². The maximum Gasteiger partial charge on any atom is 0.330 e. The van der Waals surface area contributed by atoms with Crippen molar-refractivity contribution in [3.05, 3.63) is 83.4 Å². The molecule has 58 heavy (non-hydrogen) atoms. The number of methoxy groups -OCH3 is 2. The topological polar surface area (TPSA) is 128 Å². The van der Waals surface area contributed by atoms with Gasteiger partial charge >= 0.3 is 11.9 Å². The Morgan fingerprint density at radius 3 is 1.31 bits per heavy atom. The van der Waals surface area contributed by atoms with Crippen LogP contribution in [0, 0.1) is 0 Å². The van der Waals surface area contributed by atoms with Gasteiger partial charge in [-0.2, -0.15) is 0 Å². The van der Waals surface area contributed by atoms with E-state index in [2.05, 4.69) is 13.8 Å². The Labute approximate surface area is 345 Å². The van der Waals surface area contributed by atoms with Crippen LogP contribution in [-0.2, 0) is 25.7 Å². The average molecular weight is 805 g/mol. The predicted molar refractivity (Wildman–Crippen MR) is 227 cm³/mol. The average Bonchev–Trinajstić information content (AvgIpc) is 3.24. The standard InChI is InChI=1S/C47H64O11/c1-5-7-25-55-42-21-17-37(33-44(42)51-3)19-23-46(49)57-29-15-11-9-13-27-53-40-31-39(36-48)32-41(35-40)54-28-14-10-12-16-30-58-47(50)24-20-38-18-22-43(45(34-38)52-4)56-26-8-6-2/h17-24,31-35,48H,5-16,25-30,36H2,1-4H3. The first-order valence-corrected chi connectivity index (χ1v) is 20.7. The third kappa shape index (κ3) is 19.3. The number of aliphatic hydroxyl groups excluding tert-OH is 1. The van der Waals surface area contributed by atoms with Crippen molar-refractivity contribution in [3.8, 4) is 34.5 Å². The summed E-state index contributed by atoms with van der Waals surface area (Å²) in [6.07, 6.45) is 17.2. The molecule has 0 aliphatic heterocycles. The van der Waals surface area contributed by atoms with Crippen molar-refractivity contribution in [1.82, 2.24) is 0 Å². The summed E-state index contributed by atoms with van der Waals surface area (Å²) in [5, 5.41) is 9.75. The molecule has 0 heterocycles. The molecule has 3 rings (SSSR count). The number of hydrogen-bond donors (Lipinski definition) is 1. The number of unbranched alkanes of at least 4 members (excludes halogenated alkanes) is 8. The van der Waals surface area contributed by atoms with Crippen molar-refractivity contribution >= 4 is 24.1 Å². The number of hydrogen-bond acceptors (Lipinski definition) is 11. The van der Waals surface area contributed by atoms with Crippen LogP contribution in [0.15, 0.2) is 66.7 Å². The van der Waals surface area contributed by atoms with E-state index in [1.54, 1.807) is 26.4 Å². The second-order valence-electron chi connectivity index (χ2n) is 13.7. The van der Waals surface area contributed by atoms with Crippen LogP contribution >= 0.6 is 0 Å². The number of aliphatic hydroxyl groups is 1. The van der Waals surface area contributed by atoms with Gasteiger partial charge in [-0.1, -0.05) is 38.8 Å². The van der Waals surface area contributed by atoms with Gasteiger partial charge in [0.15, 0.2) is 23.0 Å². The summed E-state index contributed by atoms with van der Waals surface area (Å²) in [7, 11) is 3.19. The van der Waals surface area contributed by atoms with E-state index in [4.69, 9.17) is 37.9 Å². The molecule has 1 N–H and O–H groups in total. The maximum atomic E-state index is 12.2. The molecule has 11 nitrogen and oxygen atoms in total. The zero-order chi connectivity index (χ0) is 41.6. The lowest BCUT2D eigenvalue weighted by atomic mass is 10.2. The van der Waals surface area contributed by atoms with Crippen LogP contribution in [0.3, 0.4) is 0 Å². The molecule has 0 aliphatic rings. The lowest BCUT2D eigenvalue weighted by Crippen LogP contribution is -2.04. The van der Waals surface area contributed by atoms with Crippen molar-refractivity contribution < 1.29 is 52.6 Å². The normalized spacial score (nSPS) is 11.1. The molecular formula is C47H64O11. The Hall–Kier alpha value is -5.16. The van der Waals surface area contributed by atoms with Crippen LogP contribution in [0.4, 0.5) is 0 Å². The number of ether oxygens (including phenoxy) is 8. The van der Waals surface area contributed by atoms with Crippen LogP contribution in [0.5, 0.6) is 34.5 Å². The van der Waals surface area contributed by atoms with Gasteiger partial charge in [-0.25, -0.2) is 9.59 Å². The number of esters is 2. The summed E-state index contributed by atoms with van der Waals surface area (Å²) in [6, 6.07) is 16.6. The molecule has 0 spiro atoms. The number of rotatable bonds is 31. The second-order valence-corrected chi connectivity index (χ2v) is 13.7. The molecule has 0 saturated carbocycles. The Balaban J connectivity index is 1.23. The number of carbonyl (C=O) groups excluding carboxylic acids is 2. The fourth-order valence-corrected chi connectivity index (χ4v) is 5.62. The molecule has 11 heteroatoms. The predicted octanol–water partition coefficient (Wildman–Crippen LogP) is 9.95. The Morgan fingerprint density at radius 1 is 0.500 bits per heavy atom. The molecule has 0 fully saturated rings. The van der Waals surface area contributed by atoms with Gasteiger partial charge in [-0.3, -0.25) is 0 Å². The molecule has 3 aromatic rings. The lowest BCUT2D eigenvalue weighted by Gasteiger charge is -2.12. The van der Waals surface area contributed by atoms with Crippen molar-refractivity contribution in [1.29, 1.82) is 0 Å². The highest BCUT2D eigenvalue weighted by Gasteiger charge is 2.08. The first kappa shape index (κ1) is 47.2. The van der Waals surface area contributed by atoms with Crippen LogP contribution in [0.2, 0.25) is 0 Å². The molecule has 318 valence electrons. The first-order valence-electron chi connectivity index (χ1n) is 20.7. The van der Waals surface area contributed by atoms with Gasteiger partial charge in [0.1, 0.15) is 11.5 Å². The number of benzene rings is 3. The van der Waals surface area contributed by atoms with Crippen LogP contribution in [0.25, 0.3) is 12.2 Å². The summed E-state index contributed by atoms with van der Waals surface area (Å²) in [4.78, 5) is 24.4. The second kappa shape index (κ2) is 29.1. The van der Waals surface area contributed by atoms with Gasteiger partial charge in [-0.05, 0) is 129 Å². The monoisotopic (exact) mass is 804 g/mol. The molecule has 3 aromatic carbocycles. The van der Waals surface area contributed by atoms with Crippen molar-refractivity contribution in [2.75, 3.05) is 53.9 Å².